The lowest BCUT2D eigenvalue weighted by molar-refractivity contribution is 0.0660. The molecular formula is C14H20O3. The van der Waals surface area contributed by atoms with Gasteiger partial charge < -0.3 is 15.3 Å². The van der Waals surface area contributed by atoms with Crippen molar-refractivity contribution >= 4 is 0 Å². The van der Waals surface area contributed by atoms with Crippen LogP contribution in [-0.4, -0.2) is 28.0 Å². The molecule has 0 fully saturated rings. The molecule has 0 aromatic heterocycles. The Hall–Kier alpha value is -1.06. The summed E-state index contributed by atoms with van der Waals surface area (Å²) in [5.41, 5.74) is 2.28. The summed E-state index contributed by atoms with van der Waals surface area (Å²) in [6, 6.07) is 5.47. The van der Waals surface area contributed by atoms with Crippen LogP contribution in [0.15, 0.2) is 18.2 Å². The topological polar surface area (TPSA) is 60.7 Å². The number of hydrogen-bond donors (Lipinski definition) is 3. The van der Waals surface area contributed by atoms with Crippen LogP contribution in [0.5, 0.6) is 5.75 Å². The number of phenols is 1. The summed E-state index contributed by atoms with van der Waals surface area (Å²) in [6.07, 6.45) is 2.96. The van der Waals surface area contributed by atoms with Crippen LogP contribution < -0.4 is 0 Å². The molecular weight excluding hydrogens is 216 g/mol. The molecule has 1 aliphatic carbocycles. The van der Waals surface area contributed by atoms with Gasteiger partial charge in [-0.1, -0.05) is 13.0 Å². The maximum atomic E-state index is 9.66. The van der Waals surface area contributed by atoms with E-state index in [1.165, 1.54) is 11.1 Å². The summed E-state index contributed by atoms with van der Waals surface area (Å²) in [5, 5.41) is 28.1. The number of benzene rings is 1. The first-order chi connectivity index (χ1) is 8.05. The van der Waals surface area contributed by atoms with Gasteiger partial charge in [0.05, 0.1) is 12.7 Å². The molecule has 3 nitrogen and oxygen atoms in total. The molecule has 0 heterocycles. The molecule has 1 unspecified atom stereocenters. The number of aromatic hydroxyl groups is 1. The second-order valence-electron chi connectivity index (χ2n) is 5.30. The van der Waals surface area contributed by atoms with Gasteiger partial charge in [-0.3, -0.25) is 0 Å². The maximum Gasteiger partial charge on any atom is 0.115 e. The third-order valence-corrected chi connectivity index (χ3v) is 3.81. The summed E-state index contributed by atoms with van der Waals surface area (Å²) >= 11 is 0. The van der Waals surface area contributed by atoms with Gasteiger partial charge in [-0.25, -0.2) is 0 Å². The van der Waals surface area contributed by atoms with Crippen molar-refractivity contribution in [2.75, 3.05) is 6.61 Å². The Bertz CT molecular complexity index is 402. The van der Waals surface area contributed by atoms with Crippen LogP contribution in [0.4, 0.5) is 0 Å². The van der Waals surface area contributed by atoms with Crippen molar-refractivity contribution in [2.24, 2.45) is 0 Å². The van der Waals surface area contributed by atoms with Crippen molar-refractivity contribution in [1.82, 2.24) is 0 Å². The predicted octanol–water partition coefficient (Wildman–Crippen LogP) is 1.73. The minimum absolute atomic E-state index is 0.0938. The van der Waals surface area contributed by atoms with Crippen molar-refractivity contribution in [3.8, 4) is 5.75 Å². The Balaban J connectivity index is 2.33. The van der Waals surface area contributed by atoms with Gasteiger partial charge in [0.1, 0.15) is 5.75 Å². The maximum absolute atomic E-state index is 9.66. The standard InChI is InChI=1S/C14H20O3/c1-14(8-12(17)9-15)6-2-3-10-7-11(16)4-5-13(10)14/h4-5,7,12,15-17H,2-3,6,8-9H2,1H3/t12?,14-/m1/s1. The molecule has 94 valence electrons. The minimum atomic E-state index is -0.667. The van der Waals surface area contributed by atoms with Crippen molar-refractivity contribution in [3.63, 3.8) is 0 Å². The zero-order valence-electron chi connectivity index (χ0n) is 10.2. The Morgan fingerprint density at radius 1 is 1.41 bits per heavy atom. The van der Waals surface area contributed by atoms with E-state index < -0.39 is 6.10 Å². The van der Waals surface area contributed by atoms with Crippen molar-refractivity contribution in [2.45, 2.75) is 44.1 Å². The van der Waals surface area contributed by atoms with Crippen LogP contribution in [0.3, 0.4) is 0 Å². The highest BCUT2D eigenvalue weighted by molar-refractivity contribution is 5.41. The van der Waals surface area contributed by atoms with Gasteiger partial charge in [-0.2, -0.15) is 0 Å². The van der Waals surface area contributed by atoms with Crippen molar-refractivity contribution in [1.29, 1.82) is 0 Å². The molecule has 1 aliphatic rings. The number of aryl methyl sites for hydroxylation is 1. The lowest BCUT2D eigenvalue weighted by Gasteiger charge is -2.37. The van der Waals surface area contributed by atoms with Crippen LogP contribution in [0.1, 0.15) is 37.3 Å². The van der Waals surface area contributed by atoms with E-state index in [0.29, 0.717) is 12.2 Å². The van der Waals surface area contributed by atoms with Crippen molar-refractivity contribution in [3.05, 3.63) is 29.3 Å². The highest BCUT2D eigenvalue weighted by Crippen LogP contribution is 2.41. The number of fused-ring (bicyclic) bond motifs is 1. The number of aliphatic hydroxyl groups excluding tert-OH is 2. The van der Waals surface area contributed by atoms with Crippen LogP contribution in [-0.2, 0) is 11.8 Å². The number of aliphatic hydroxyl groups is 2. The third kappa shape index (κ3) is 2.45. The Kier molecular flexibility index (Phi) is 3.40. The predicted molar refractivity (Wildman–Crippen MR) is 66.1 cm³/mol. The average Bonchev–Trinajstić information content (AvgIpc) is 2.28. The molecule has 2 rings (SSSR count). The lowest BCUT2D eigenvalue weighted by atomic mass is 9.68. The Morgan fingerprint density at radius 3 is 2.88 bits per heavy atom. The second-order valence-corrected chi connectivity index (χ2v) is 5.30. The largest absolute Gasteiger partial charge is 0.508 e. The summed E-state index contributed by atoms with van der Waals surface area (Å²) in [7, 11) is 0. The molecule has 0 bridgehead atoms. The van der Waals surface area contributed by atoms with E-state index in [1.54, 1.807) is 6.07 Å². The SMILES string of the molecule is C[C@]1(CC(O)CO)CCCc2cc(O)ccc21. The van der Waals surface area contributed by atoms with E-state index >= 15 is 0 Å². The van der Waals surface area contributed by atoms with Crippen molar-refractivity contribution < 1.29 is 15.3 Å². The Morgan fingerprint density at radius 2 is 2.18 bits per heavy atom. The molecule has 17 heavy (non-hydrogen) atoms. The average molecular weight is 236 g/mol. The monoisotopic (exact) mass is 236 g/mol. The molecule has 0 spiro atoms. The van der Waals surface area contributed by atoms with E-state index in [4.69, 9.17) is 5.11 Å². The molecule has 0 radical (unpaired) electrons. The van der Waals surface area contributed by atoms with Gasteiger partial charge in [-0.15, -0.1) is 0 Å². The quantitative estimate of drug-likeness (QED) is 0.749. The van der Waals surface area contributed by atoms with E-state index in [1.807, 2.05) is 12.1 Å². The van der Waals surface area contributed by atoms with Crippen LogP contribution in [0.2, 0.25) is 0 Å². The second kappa shape index (κ2) is 4.67. The fourth-order valence-corrected chi connectivity index (χ4v) is 2.98. The van der Waals surface area contributed by atoms with Gasteiger partial charge >= 0.3 is 0 Å². The van der Waals surface area contributed by atoms with Crippen LogP contribution in [0.25, 0.3) is 0 Å². The number of phenolic OH excluding ortho intramolecular Hbond substituents is 1. The zero-order chi connectivity index (χ0) is 12.5. The normalized spacial score (nSPS) is 25.4. The fourth-order valence-electron chi connectivity index (χ4n) is 2.98. The molecule has 3 heteroatoms. The van der Waals surface area contributed by atoms with E-state index in [-0.39, 0.29) is 12.0 Å². The molecule has 0 amide bonds. The lowest BCUT2D eigenvalue weighted by Crippen LogP contribution is -2.33. The third-order valence-electron chi connectivity index (χ3n) is 3.81. The Labute approximate surface area is 102 Å². The van der Waals surface area contributed by atoms with Gasteiger partial charge in [0.2, 0.25) is 0 Å². The molecule has 3 N–H and O–H groups in total. The summed E-state index contributed by atoms with van der Waals surface area (Å²) < 4.78 is 0. The van der Waals surface area contributed by atoms with Gasteiger partial charge in [-0.05, 0) is 54.4 Å². The molecule has 1 aromatic rings. The first-order valence-electron chi connectivity index (χ1n) is 6.16. The van der Waals surface area contributed by atoms with Gasteiger partial charge in [0.15, 0.2) is 0 Å². The summed E-state index contributed by atoms with van der Waals surface area (Å²) in [5.74, 6) is 0.302. The van der Waals surface area contributed by atoms with Gasteiger partial charge in [0.25, 0.3) is 0 Å². The highest BCUT2D eigenvalue weighted by Gasteiger charge is 2.33. The minimum Gasteiger partial charge on any atom is -0.508 e. The first kappa shape index (κ1) is 12.4. The van der Waals surface area contributed by atoms with E-state index in [9.17, 15) is 10.2 Å². The smallest absolute Gasteiger partial charge is 0.115 e. The highest BCUT2D eigenvalue weighted by atomic mass is 16.3. The van der Waals surface area contributed by atoms with Crippen LogP contribution in [0, 0.1) is 0 Å². The molecule has 1 aromatic carbocycles. The molecule has 0 saturated carbocycles. The number of hydrogen-bond acceptors (Lipinski definition) is 3. The molecule has 0 saturated heterocycles. The summed E-state index contributed by atoms with van der Waals surface area (Å²) in [4.78, 5) is 0. The first-order valence-corrected chi connectivity index (χ1v) is 6.16. The fraction of sp³-hybridized carbons (Fsp3) is 0.571. The molecule has 2 atom stereocenters. The number of rotatable bonds is 3. The molecule has 0 aliphatic heterocycles. The van der Waals surface area contributed by atoms with Crippen LogP contribution >= 0.6 is 0 Å². The van der Waals surface area contributed by atoms with E-state index in [0.717, 1.165) is 19.3 Å². The van der Waals surface area contributed by atoms with Gasteiger partial charge in [0, 0.05) is 0 Å². The zero-order valence-corrected chi connectivity index (χ0v) is 10.2. The summed E-state index contributed by atoms with van der Waals surface area (Å²) in [6.45, 7) is 1.93. The van der Waals surface area contributed by atoms with E-state index in [2.05, 4.69) is 6.92 Å².